The lowest BCUT2D eigenvalue weighted by molar-refractivity contribution is 0.0951. The van der Waals surface area contributed by atoms with E-state index in [2.05, 4.69) is 5.32 Å². The zero-order valence-corrected chi connectivity index (χ0v) is 21.2. The monoisotopic (exact) mass is 522 g/mol. The van der Waals surface area contributed by atoms with Gasteiger partial charge >= 0.3 is 0 Å². The van der Waals surface area contributed by atoms with Gasteiger partial charge in [0.25, 0.3) is 5.91 Å². The molecule has 180 valence electrons. The second kappa shape index (κ2) is 11.0. The van der Waals surface area contributed by atoms with Crippen LogP contribution >= 0.6 is 23.2 Å². The fourth-order valence-electron chi connectivity index (χ4n) is 3.32. The van der Waals surface area contributed by atoms with E-state index in [9.17, 15) is 13.2 Å². The summed E-state index contributed by atoms with van der Waals surface area (Å²) in [5, 5.41) is 3.67. The van der Waals surface area contributed by atoms with Gasteiger partial charge in [-0.2, -0.15) is 0 Å². The molecule has 10 heteroatoms. The van der Waals surface area contributed by atoms with Crippen molar-refractivity contribution in [3.8, 4) is 11.5 Å². The number of benzene rings is 3. The molecule has 0 aliphatic rings. The number of hydrogen-bond donors (Lipinski definition) is 1. The van der Waals surface area contributed by atoms with E-state index >= 15 is 0 Å². The summed E-state index contributed by atoms with van der Waals surface area (Å²) in [4.78, 5) is 13.3. The average Bonchev–Trinajstić information content (AvgIpc) is 2.81. The maximum atomic E-state index is 13.3. The van der Waals surface area contributed by atoms with Crippen molar-refractivity contribution in [3.05, 3.63) is 87.4 Å². The predicted octanol–water partition coefficient (Wildman–Crippen LogP) is 4.91. The minimum absolute atomic E-state index is 0.0262. The third kappa shape index (κ3) is 6.14. The Kier molecular flexibility index (Phi) is 8.30. The van der Waals surface area contributed by atoms with Gasteiger partial charge in [-0.05, 0) is 29.3 Å². The molecule has 0 aliphatic heterocycles. The molecular formula is C24H24Cl2N2O5S. The molecule has 3 aromatic rings. The van der Waals surface area contributed by atoms with Gasteiger partial charge in [-0.15, -0.1) is 0 Å². The molecule has 0 aliphatic carbocycles. The lowest BCUT2D eigenvalue weighted by atomic mass is 10.1. The van der Waals surface area contributed by atoms with Crippen LogP contribution in [0.1, 0.15) is 21.5 Å². The van der Waals surface area contributed by atoms with Crippen LogP contribution < -0.4 is 19.1 Å². The summed E-state index contributed by atoms with van der Waals surface area (Å²) < 4.78 is 37.5. The minimum atomic E-state index is -3.77. The second-order valence-electron chi connectivity index (χ2n) is 7.40. The topological polar surface area (TPSA) is 84.9 Å². The summed E-state index contributed by atoms with van der Waals surface area (Å²) in [5.41, 5.74) is 1.67. The van der Waals surface area contributed by atoms with Crippen LogP contribution in [0.15, 0.2) is 60.7 Å². The third-order valence-electron chi connectivity index (χ3n) is 5.04. The van der Waals surface area contributed by atoms with Gasteiger partial charge in [0.2, 0.25) is 10.0 Å². The van der Waals surface area contributed by atoms with E-state index in [1.165, 1.54) is 26.4 Å². The first-order valence-corrected chi connectivity index (χ1v) is 12.7. The molecule has 0 saturated carbocycles. The molecule has 1 amide bonds. The van der Waals surface area contributed by atoms with E-state index in [0.29, 0.717) is 15.6 Å². The van der Waals surface area contributed by atoms with E-state index in [1.807, 2.05) is 18.2 Å². The number of hydrogen-bond acceptors (Lipinski definition) is 5. The molecule has 0 unspecified atom stereocenters. The van der Waals surface area contributed by atoms with Crippen LogP contribution in [0.4, 0.5) is 5.69 Å². The number of ether oxygens (including phenoxy) is 2. The van der Waals surface area contributed by atoms with Gasteiger partial charge in [0.1, 0.15) is 0 Å². The molecule has 0 saturated heterocycles. The van der Waals surface area contributed by atoms with Crippen LogP contribution in [0, 0.1) is 0 Å². The molecule has 7 nitrogen and oxygen atoms in total. The van der Waals surface area contributed by atoms with Crippen molar-refractivity contribution >= 4 is 44.8 Å². The van der Waals surface area contributed by atoms with E-state index in [-0.39, 0.29) is 35.8 Å². The van der Waals surface area contributed by atoms with Gasteiger partial charge in [0.15, 0.2) is 11.5 Å². The Labute approximate surface area is 209 Å². The van der Waals surface area contributed by atoms with Crippen molar-refractivity contribution in [1.29, 1.82) is 0 Å². The summed E-state index contributed by atoms with van der Waals surface area (Å²) in [6, 6.07) is 17.0. The maximum Gasteiger partial charge on any atom is 0.253 e. The number of anilines is 1. The standard InChI is InChI=1S/C24H24Cl2N2O5S/c1-32-22-12-19(24(29)27-14-17-9-10-18(25)11-20(17)26)21(13-23(22)33-2)28(34(3,30)31)15-16-7-5-4-6-8-16/h4-13H,14-15H2,1-3H3,(H,27,29). The number of carbonyl (C=O) groups excluding carboxylic acids is 1. The van der Waals surface area contributed by atoms with Gasteiger partial charge < -0.3 is 14.8 Å². The Bertz CT molecular complexity index is 1280. The molecule has 0 radical (unpaired) electrons. The van der Waals surface area contributed by atoms with Gasteiger partial charge in [0, 0.05) is 22.7 Å². The Morgan fingerprint density at radius 1 is 0.971 bits per heavy atom. The van der Waals surface area contributed by atoms with Gasteiger partial charge in [-0.3, -0.25) is 9.10 Å². The highest BCUT2D eigenvalue weighted by molar-refractivity contribution is 7.92. The zero-order chi connectivity index (χ0) is 24.9. The molecule has 0 bridgehead atoms. The molecule has 0 spiro atoms. The van der Waals surface area contributed by atoms with Crippen LogP contribution in [0.5, 0.6) is 11.5 Å². The number of sulfonamides is 1. The number of nitrogens with zero attached hydrogens (tertiary/aromatic N) is 1. The molecule has 0 heterocycles. The third-order valence-corrected chi connectivity index (χ3v) is 6.75. The smallest absolute Gasteiger partial charge is 0.253 e. The molecule has 0 fully saturated rings. The van der Waals surface area contributed by atoms with E-state index < -0.39 is 15.9 Å². The molecule has 34 heavy (non-hydrogen) atoms. The van der Waals surface area contributed by atoms with Gasteiger partial charge in [-0.1, -0.05) is 59.6 Å². The first-order chi connectivity index (χ1) is 16.1. The minimum Gasteiger partial charge on any atom is -0.493 e. The summed E-state index contributed by atoms with van der Waals surface area (Å²) in [6.45, 7) is 0.138. The highest BCUT2D eigenvalue weighted by Crippen LogP contribution is 2.37. The maximum absolute atomic E-state index is 13.3. The highest BCUT2D eigenvalue weighted by atomic mass is 35.5. The molecule has 3 aromatic carbocycles. The Hall–Kier alpha value is -2.94. The number of carbonyl (C=O) groups is 1. The molecule has 3 rings (SSSR count). The Morgan fingerprint density at radius 2 is 1.62 bits per heavy atom. The largest absolute Gasteiger partial charge is 0.493 e. The summed E-state index contributed by atoms with van der Waals surface area (Å²) in [7, 11) is -0.902. The highest BCUT2D eigenvalue weighted by Gasteiger charge is 2.26. The predicted molar refractivity (Wildman–Crippen MR) is 135 cm³/mol. The lowest BCUT2D eigenvalue weighted by Gasteiger charge is -2.26. The van der Waals surface area contributed by atoms with E-state index in [1.54, 1.807) is 30.3 Å². The Morgan fingerprint density at radius 3 is 2.21 bits per heavy atom. The van der Waals surface area contributed by atoms with Crippen molar-refractivity contribution in [2.24, 2.45) is 0 Å². The van der Waals surface area contributed by atoms with Crippen LogP contribution in [-0.2, 0) is 23.1 Å². The fraction of sp³-hybridized carbons (Fsp3) is 0.208. The summed E-state index contributed by atoms with van der Waals surface area (Å²) >= 11 is 12.2. The van der Waals surface area contributed by atoms with Crippen LogP contribution in [0.25, 0.3) is 0 Å². The Balaban J connectivity index is 2.05. The first-order valence-electron chi connectivity index (χ1n) is 10.1. The van der Waals surface area contributed by atoms with Crippen molar-refractivity contribution in [2.45, 2.75) is 13.1 Å². The molecular weight excluding hydrogens is 499 g/mol. The van der Waals surface area contributed by atoms with Crippen molar-refractivity contribution in [3.63, 3.8) is 0 Å². The number of amides is 1. The SMILES string of the molecule is COc1cc(C(=O)NCc2ccc(Cl)cc2Cl)c(N(Cc2ccccc2)S(C)(=O)=O)cc1OC. The average molecular weight is 523 g/mol. The number of nitrogens with one attached hydrogen (secondary N) is 1. The molecule has 0 atom stereocenters. The summed E-state index contributed by atoms with van der Waals surface area (Å²) in [5.74, 6) is 0.0641. The van der Waals surface area contributed by atoms with Gasteiger partial charge in [0.05, 0.1) is 38.3 Å². The quantitative estimate of drug-likeness (QED) is 0.431. The normalized spacial score (nSPS) is 11.1. The van der Waals surface area contributed by atoms with Crippen molar-refractivity contribution in [2.75, 3.05) is 24.8 Å². The van der Waals surface area contributed by atoms with Crippen molar-refractivity contribution in [1.82, 2.24) is 5.32 Å². The second-order valence-corrected chi connectivity index (χ2v) is 10.1. The van der Waals surface area contributed by atoms with Crippen LogP contribution in [0.2, 0.25) is 10.0 Å². The number of rotatable bonds is 9. The van der Waals surface area contributed by atoms with Crippen molar-refractivity contribution < 1.29 is 22.7 Å². The number of halogens is 2. The number of methoxy groups -OCH3 is 2. The van der Waals surface area contributed by atoms with Crippen LogP contribution in [0.3, 0.4) is 0 Å². The fourth-order valence-corrected chi connectivity index (χ4v) is 4.69. The zero-order valence-electron chi connectivity index (χ0n) is 18.8. The van der Waals surface area contributed by atoms with E-state index in [0.717, 1.165) is 16.1 Å². The molecule has 0 aromatic heterocycles. The molecule has 1 N–H and O–H groups in total. The lowest BCUT2D eigenvalue weighted by Crippen LogP contribution is -2.32. The summed E-state index contributed by atoms with van der Waals surface area (Å²) in [6.07, 6.45) is 1.09. The van der Waals surface area contributed by atoms with Gasteiger partial charge in [-0.25, -0.2) is 8.42 Å². The van der Waals surface area contributed by atoms with E-state index in [4.69, 9.17) is 32.7 Å². The first kappa shape index (κ1) is 25.7. The van der Waals surface area contributed by atoms with Crippen LogP contribution in [-0.4, -0.2) is 34.8 Å².